The highest BCUT2D eigenvalue weighted by molar-refractivity contribution is 6.30. The molecule has 0 aromatic heterocycles. The normalized spacial score (nSPS) is 11.3. The fourth-order valence-corrected chi connectivity index (χ4v) is 1.35. The Morgan fingerprint density at radius 1 is 1.33 bits per heavy atom. The molecule has 1 aromatic rings. The summed E-state index contributed by atoms with van der Waals surface area (Å²) in [6.07, 6.45) is 0. The maximum atomic E-state index is 5.93. The molecule has 2 nitrogen and oxygen atoms in total. The number of methoxy groups -OCH3 is 1. The van der Waals surface area contributed by atoms with Crippen LogP contribution in [0.2, 0.25) is 5.02 Å². The minimum Gasteiger partial charge on any atom is -0.495 e. The van der Waals surface area contributed by atoms with Crippen LogP contribution in [-0.2, 0) is 0 Å². The van der Waals surface area contributed by atoms with Crippen molar-refractivity contribution >= 4 is 17.3 Å². The molecule has 0 spiro atoms. The van der Waals surface area contributed by atoms with Crippen LogP contribution in [0.3, 0.4) is 0 Å². The standard InChI is InChI=1S/C12H18ClNO/c1-12(2,3)8-14-10-7-9(13)5-6-11(10)15-4/h5-7,14H,8H2,1-4H3. The lowest BCUT2D eigenvalue weighted by Gasteiger charge is -2.20. The summed E-state index contributed by atoms with van der Waals surface area (Å²) in [6, 6.07) is 5.57. The Morgan fingerprint density at radius 3 is 2.53 bits per heavy atom. The number of anilines is 1. The zero-order valence-electron chi connectivity index (χ0n) is 9.73. The monoisotopic (exact) mass is 227 g/mol. The van der Waals surface area contributed by atoms with Gasteiger partial charge in [0.15, 0.2) is 0 Å². The van der Waals surface area contributed by atoms with Gasteiger partial charge in [0.2, 0.25) is 0 Å². The predicted octanol–water partition coefficient (Wildman–Crippen LogP) is 3.81. The quantitative estimate of drug-likeness (QED) is 0.848. The van der Waals surface area contributed by atoms with Crippen LogP contribution in [0, 0.1) is 5.41 Å². The van der Waals surface area contributed by atoms with Crippen molar-refractivity contribution in [1.82, 2.24) is 0 Å². The van der Waals surface area contributed by atoms with Crippen molar-refractivity contribution in [3.05, 3.63) is 23.2 Å². The summed E-state index contributed by atoms with van der Waals surface area (Å²) >= 11 is 5.93. The summed E-state index contributed by atoms with van der Waals surface area (Å²) in [4.78, 5) is 0. The molecule has 0 amide bonds. The summed E-state index contributed by atoms with van der Waals surface area (Å²) in [5.41, 5.74) is 1.17. The molecule has 15 heavy (non-hydrogen) atoms. The maximum absolute atomic E-state index is 5.93. The first-order valence-corrected chi connectivity index (χ1v) is 5.37. The van der Waals surface area contributed by atoms with E-state index < -0.39 is 0 Å². The lowest BCUT2D eigenvalue weighted by molar-refractivity contribution is 0.412. The van der Waals surface area contributed by atoms with Crippen molar-refractivity contribution in [2.24, 2.45) is 5.41 Å². The van der Waals surface area contributed by atoms with Crippen LogP contribution in [0.15, 0.2) is 18.2 Å². The SMILES string of the molecule is COc1ccc(Cl)cc1NCC(C)(C)C. The van der Waals surface area contributed by atoms with Gasteiger partial charge in [-0.1, -0.05) is 32.4 Å². The molecular weight excluding hydrogens is 210 g/mol. The number of rotatable bonds is 3. The van der Waals surface area contributed by atoms with E-state index >= 15 is 0 Å². The molecular formula is C12H18ClNO. The summed E-state index contributed by atoms with van der Waals surface area (Å²) in [6.45, 7) is 7.41. The first-order chi connectivity index (χ1) is 6.92. The number of benzene rings is 1. The van der Waals surface area contributed by atoms with E-state index in [1.54, 1.807) is 7.11 Å². The Labute approximate surface area is 96.6 Å². The Morgan fingerprint density at radius 2 is 2.00 bits per heavy atom. The molecule has 0 saturated carbocycles. The van der Waals surface area contributed by atoms with Gasteiger partial charge in [-0.15, -0.1) is 0 Å². The maximum Gasteiger partial charge on any atom is 0.142 e. The number of nitrogens with one attached hydrogen (secondary N) is 1. The molecule has 1 aromatic carbocycles. The fraction of sp³-hybridized carbons (Fsp3) is 0.500. The molecule has 0 bridgehead atoms. The van der Waals surface area contributed by atoms with Crippen molar-refractivity contribution in [3.8, 4) is 5.75 Å². The van der Waals surface area contributed by atoms with E-state index in [1.807, 2.05) is 18.2 Å². The van der Waals surface area contributed by atoms with Crippen molar-refractivity contribution in [1.29, 1.82) is 0 Å². The van der Waals surface area contributed by atoms with Gasteiger partial charge in [0.05, 0.1) is 12.8 Å². The van der Waals surface area contributed by atoms with Gasteiger partial charge in [-0.05, 0) is 23.6 Å². The van der Waals surface area contributed by atoms with E-state index in [0.717, 1.165) is 18.0 Å². The van der Waals surface area contributed by atoms with Gasteiger partial charge in [-0.2, -0.15) is 0 Å². The molecule has 0 radical (unpaired) electrons. The molecule has 1 rings (SSSR count). The third-order valence-electron chi connectivity index (χ3n) is 1.97. The lowest BCUT2D eigenvalue weighted by atomic mass is 9.97. The van der Waals surface area contributed by atoms with Gasteiger partial charge >= 0.3 is 0 Å². The Kier molecular flexibility index (Phi) is 3.86. The predicted molar refractivity (Wildman–Crippen MR) is 65.9 cm³/mol. The molecule has 0 aliphatic heterocycles. The molecule has 0 heterocycles. The number of halogens is 1. The van der Waals surface area contributed by atoms with Crippen LogP contribution in [0.1, 0.15) is 20.8 Å². The van der Waals surface area contributed by atoms with Crippen LogP contribution in [0.4, 0.5) is 5.69 Å². The Hall–Kier alpha value is -0.890. The summed E-state index contributed by atoms with van der Waals surface area (Å²) < 4.78 is 5.24. The van der Waals surface area contributed by atoms with Gasteiger partial charge in [-0.3, -0.25) is 0 Å². The first kappa shape index (κ1) is 12.2. The van der Waals surface area contributed by atoms with Crippen molar-refractivity contribution in [2.45, 2.75) is 20.8 Å². The minimum absolute atomic E-state index is 0.229. The largest absolute Gasteiger partial charge is 0.495 e. The van der Waals surface area contributed by atoms with Gasteiger partial charge in [0.25, 0.3) is 0 Å². The summed E-state index contributed by atoms with van der Waals surface area (Å²) in [5, 5.41) is 4.05. The van der Waals surface area contributed by atoms with E-state index in [0.29, 0.717) is 5.02 Å². The fourth-order valence-electron chi connectivity index (χ4n) is 1.18. The molecule has 3 heteroatoms. The topological polar surface area (TPSA) is 21.3 Å². The molecule has 0 atom stereocenters. The summed E-state index contributed by atoms with van der Waals surface area (Å²) in [5.74, 6) is 0.823. The second kappa shape index (κ2) is 4.75. The third kappa shape index (κ3) is 4.00. The molecule has 0 aliphatic carbocycles. The van der Waals surface area contributed by atoms with Crippen LogP contribution < -0.4 is 10.1 Å². The highest BCUT2D eigenvalue weighted by Crippen LogP contribution is 2.28. The van der Waals surface area contributed by atoms with Crippen molar-refractivity contribution in [2.75, 3.05) is 19.0 Å². The molecule has 1 N–H and O–H groups in total. The van der Waals surface area contributed by atoms with Gasteiger partial charge < -0.3 is 10.1 Å². The van der Waals surface area contributed by atoms with Gasteiger partial charge in [0.1, 0.15) is 5.75 Å². The molecule has 0 unspecified atom stereocenters. The third-order valence-corrected chi connectivity index (χ3v) is 2.21. The van der Waals surface area contributed by atoms with E-state index in [2.05, 4.69) is 26.1 Å². The second-order valence-corrected chi connectivity index (χ2v) is 5.20. The van der Waals surface area contributed by atoms with E-state index in [-0.39, 0.29) is 5.41 Å². The highest BCUT2D eigenvalue weighted by Gasteiger charge is 2.11. The van der Waals surface area contributed by atoms with Crippen LogP contribution in [0.25, 0.3) is 0 Å². The number of ether oxygens (including phenoxy) is 1. The van der Waals surface area contributed by atoms with Crippen LogP contribution in [0.5, 0.6) is 5.75 Å². The number of hydrogen-bond acceptors (Lipinski definition) is 2. The molecule has 84 valence electrons. The molecule has 0 aliphatic rings. The average Bonchev–Trinajstić information content (AvgIpc) is 2.14. The molecule has 0 fully saturated rings. The smallest absolute Gasteiger partial charge is 0.142 e. The Bertz CT molecular complexity index is 331. The first-order valence-electron chi connectivity index (χ1n) is 5.00. The van der Waals surface area contributed by atoms with Gasteiger partial charge in [-0.25, -0.2) is 0 Å². The highest BCUT2D eigenvalue weighted by atomic mass is 35.5. The second-order valence-electron chi connectivity index (χ2n) is 4.76. The summed E-state index contributed by atoms with van der Waals surface area (Å²) in [7, 11) is 1.66. The molecule has 0 saturated heterocycles. The van der Waals surface area contributed by atoms with Crippen LogP contribution >= 0.6 is 11.6 Å². The van der Waals surface area contributed by atoms with Crippen molar-refractivity contribution in [3.63, 3.8) is 0 Å². The van der Waals surface area contributed by atoms with E-state index in [1.165, 1.54) is 0 Å². The lowest BCUT2D eigenvalue weighted by Crippen LogP contribution is -2.19. The zero-order valence-corrected chi connectivity index (χ0v) is 10.5. The average molecular weight is 228 g/mol. The Balaban J connectivity index is 2.79. The van der Waals surface area contributed by atoms with E-state index in [9.17, 15) is 0 Å². The van der Waals surface area contributed by atoms with Crippen molar-refractivity contribution < 1.29 is 4.74 Å². The van der Waals surface area contributed by atoms with Crippen LogP contribution in [-0.4, -0.2) is 13.7 Å². The van der Waals surface area contributed by atoms with E-state index in [4.69, 9.17) is 16.3 Å². The number of hydrogen-bond donors (Lipinski definition) is 1. The van der Waals surface area contributed by atoms with Gasteiger partial charge in [0, 0.05) is 11.6 Å². The minimum atomic E-state index is 0.229. The zero-order chi connectivity index (χ0) is 11.5.